The minimum Gasteiger partial charge on any atom is -0.478 e. The number of rotatable bonds is 12. The molecule has 2 atom stereocenters. The van der Waals surface area contributed by atoms with Gasteiger partial charge in [-0.25, -0.2) is 14.8 Å². The summed E-state index contributed by atoms with van der Waals surface area (Å²) in [5, 5.41) is 10.4. The van der Waals surface area contributed by atoms with Gasteiger partial charge < -0.3 is 23.7 Å². The minimum absolute atomic E-state index is 0.158. The molecule has 1 N–H and O–H groups in total. The van der Waals surface area contributed by atoms with E-state index >= 15 is 0 Å². The number of nitrogens with zero attached hydrogens (tertiary/aromatic N) is 5. The number of carbonyl (C=O) groups is 1. The van der Waals surface area contributed by atoms with E-state index in [0.29, 0.717) is 18.2 Å². The van der Waals surface area contributed by atoms with E-state index in [0.717, 1.165) is 77.6 Å². The largest absolute Gasteiger partial charge is 0.478 e. The monoisotopic (exact) mass is 667 g/mol. The standard InChI is InChI=1S/C38H49N5O4Si/c1-25(42-18-15-28(16-19-42)27-8-10-29(11-9-27)38(44)45)34-23-32-31(14-17-39-37(32)41(34)3)30-12-13-33-35(22-30)43(36(40-33)26(2)46-4)24-47-20-21-48(5,6)7/h8-14,17,22-23,25-26,28H,15-16,18-21,24H2,1-7H3,(H,44,45)/t25-,26+/m0/s1. The molecular formula is C38H49N5O4Si. The molecule has 3 aromatic heterocycles. The number of pyridine rings is 1. The van der Waals surface area contributed by atoms with Crippen LogP contribution in [0, 0.1) is 0 Å². The molecule has 0 amide bonds. The molecule has 5 aromatic rings. The number of aromatic nitrogens is 4. The van der Waals surface area contributed by atoms with Gasteiger partial charge in [-0.05, 0) is 105 Å². The first-order valence-electron chi connectivity index (χ1n) is 17.1. The van der Waals surface area contributed by atoms with Gasteiger partial charge in [0.2, 0.25) is 0 Å². The molecule has 0 aliphatic carbocycles. The molecule has 6 rings (SSSR count). The third-order valence-electron chi connectivity index (χ3n) is 10.1. The minimum atomic E-state index is -1.20. The van der Waals surface area contributed by atoms with Gasteiger partial charge in [-0.2, -0.15) is 0 Å². The molecule has 254 valence electrons. The zero-order valence-electron chi connectivity index (χ0n) is 29.4. The predicted octanol–water partition coefficient (Wildman–Crippen LogP) is 8.25. The Balaban J connectivity index is 1.25. The number of benzene rings is 2. The maximum absolute atomic E-state index is 11.3. The number of aromatic carboxylic acids is 1. The number of ether oxygens (including phenoxy) is 2. The van der Waals surface area contributed by atoms with E-state index in [4.69, 9.17) is 19.4 Å². The Bertz CT molecular complexity index is 1900. The van der Waals surface area contributed by atoms with E-state index in [1.807, 2.05) is 25.3 Å². The van der Waals surface area contributed by atoms with Crippen LogP contribution in [0.25, 0.3) is 33.2 Å². The lowest BCUT2D eigenvalue weighted by molar-refractivity contribution is 0.0689. The second kappa shape index (κ2) is 14.0. The van der Waals surface area contributed by atoms with Crippen LogP contribution in [0.3, 0.4) is 0 Å². The number of hydrogen-bond donors (Lipinski definition) is 1. The van der Waals surface area contributed by atoms with E-state index in [9.17, 15) is 9.90 Å². The summed E-state index contributed by atoms with van der Waals surface area (Å²) in [6.45, 7) is 14.6. The van der Waals surface area contributed by atoms with E-state index in [1.165, 1.54) is 11.3 Å². The zero-order chi connectivity index (χ0) is 34.2. The first kappa shape index (κ1) is 34.0. The Morgan fingerprint density at radius 2 is 1.77 bits per heavy atom. The van der Waals surface area contributed by atoms with Crippen molar-refractivity contribution in [3.05, 3.63) is 83.4 Å². The van der Waals surface area contributed by atoms with Crippen LogP contribution in [0.5, 0.6) is 0 Å². The maximum Gasteiger partial charge on any atom is 0.335 e. The Kier molecular flexibility index (Phi) is 9.90. The van der Waals surface area contributed by atoms with Gasteiger partial charge in [-0.1, -0.05) is 37.8 Å². The molecule has 1 aliphatic heterocycles. The lowest BCUT2D eigenvalue weighted by atomic mass is 9.88. The lowest BCUT2D eigenvalue weighted by Gasteiger charge is -2.36. The van der Waals surface area contributed by atoms with Gasteiger partial charge in [0, 0.05) is 52.2 Å². The Morgan fingerprint density at radius 1 is 1.04 bits per heavy atom. The van der Waals surface area contributed by atoms with Crippen molar-refractivity contribution in [3.8, 4) is 11.1 Å². The predicted molar refractivity (Wildman–Crippen MR) is 194 cm³/mol. The van der Waals surface area contributed by atoms with Crippen molar-refractivity contribution in [2.24, 2.45) is 7.05 Å². The molecule has 0 spiro atoms. The number of hydrogen-bond acceptors (Lipinski definition) is 6. The highest BCUT2D eigenvalue weighted by Crippen LogP contribution is 2.37. The van der Waals surface area contributed by atoms with Crippen molar-refractivity contribution in [3.63, 3.8) is 0 Å². The van der Waals surface area contributed by atoms with Crippen molar-refractivity contribution in [2.45, 2.75) is 77.2 Å². The molecule has 48 heavy (non-hydrogen) atoms. The van der Waals surface area contributed by atoms with Crippen molar-refractivity contribution >= 4 is 36.1 Å². The van der Waals surface area contributed by atoms with Crippen LogP contribution in [-0.2, 0) is 23.3 Å². The molecule has 1 aliphatic rings. The normalized spacial score (nSPS) is 16.1. The third kappa shape index (κ3) is 6.98. The molecule has 9 nitrogen and oxygen atoms in total. The van der Waals surface area contributed by atoms with Gasteiger partial charge in [0.05, 0.1) is 16.6 Å². The number of likely N-dealkylation sites (tertiary alicyclic amines) is 1. The molecular weight excluding hydrogens is 619 g/mol. The Labute approximate surface area is 284 Å². The summed E-state index contributed by atoms with van der Waals surface area (Å²) in [4.78, 5) is 23.6. The van der Waals surface area contributed by atoms with Gasteiger partial charge in [-0.15, -0.1) is 0 Å². The zero-order valence-corrected chi connectivity index (χ0v) is 30.4. The second-order valence-electron chi connectivity index (χ2n) is 14.5. The van der Waals surface area contributed by atoms with Crippen molar-refractivity contribution in [1.82, 2.24) is 24.0 Å². The highest BCUT2D eigenvalue weighted by molar-refractivity contribution is 6.76. The van der Waals surface area contributed by atoms with Crippen LogP contribution in [-0.4, -0.2) is 70.0 Å². The smallest absolute Gasteiger partial charge is 0.335 e. The maximum atomic E-state index is 11.3. The summed E-state index contributed by atoms with van der Waals surface area (Å²) < 4.78 is 16.3. The van der Waals surface area contributed by atoms with Gasteiger partial charge in [0.15, 0.2) is 0 Å². The van der Waals surface area contributed by atoms with Crippen LogP contribution in [0.15, 0.2) is 60.8 Å². The van der Waals surface area contributed by atoms with E-state index < -0.39 is 14.0 Å². The quantitative estimate of drug-likeness (QED) is 0.106. The molecule has 10 heteroatoms. The van der Waals surface area contributed by atoms with Gasteiger partial charge >= 0.3 is 5.97 Å². The summed E-state index contributed by atoms with van der Waals surface area (Å²) in [6, 6.07) is 19.7. The van der Waals surface area contributed by atoms with Gasteiger partial charge in [0.25, 0.3) is 0 Å². The third-order valence-corrected chi connectivity index (χ3v) is 11.8. The van der Waals surface area contributed by atoms with Crippen LogP contribution in [0.4, 0.5) is 0 Å². The van der Waals surface area contributed by atoms with Crippen LogP contribution >= 0.6 is 0 Å². The number of fused-ring (bicyclic) bond motifs is 2. The molecule has 2 aromatic carbocycles. The highest BCUT2D eigenvalue weighted by Gasteiger charge is 2.27. The average Bonchev–Trinajstić information content (AvgIpc) is 3.62. The fraction of sp³-hybridized carbons (Fsp3) is 0.447. The van der Waals surface area contributed by atoms with E-state index in [1.54, 1.807) is 19.2 Å². The summed E-state index contributed by atoms with van der Waals surface area (Å²) in [5.74, 6) is 0.432. The van der Waals surface area contributed by atoms with Crippen molar-refractivity contribution in [1.29, 1.82) is 0 Å². The molecule has 4 heterocycles. The molecule has 1 fully saturated rings. The number of methoxy groups -OCH3 is 1. The average molecular weight is 668 g/mol. The van der Waals surface area contributed by atoms with Crippen molar-refractivity contribution < 1.29 is 19.4 Å². The Morgan fingerprint density at radius 3 is 2.44 bits per heavy atom. The molecule has 1 saturated heterocycles. The number of carboxylic acids is 1. The molecule has 0 saturated carbocycles. The molecule has 0 radical (unpaired) electrons. The first-order chi connectivity index (χ1) is 22.9. The highest BCUT2D eigenvalue weighted by atomic mass is 28.3. The van der Waals surface area contributed by atoms with Gasteiger partial charge in [-0.3, -0.25) is 4.90 Å². The fourth-order valence-electron chi connectivity index (χ4n) is 6.99. The SMILES string of the molecule is CO[C@H](C)c1nc2ccc(-c3ccnc4c3cc([C@H](C)N3CCC(c5ccc(C(=O)O)cc5)CC3)n4C)cc2n1COCC[Si](C)(C)C. The molecule has 0 unspecified atom stereocenters. The second-order valence-corrected chi connectivity index (χ2v) is 20.1. The van der Waals surface area contributed by atoms with Crippen LogP contribution in [0.2, 0.25) is 25.7 Å². The van der Waals surface area contributed by atoms with E-state index in [-0.39, 0.29) is 12.1 Å². The Hall–Kier alpha value is -3.83. The summed E-state index contributed by atoms with van der Waals surface area (Å²) in [6.07, 6.45) is 3.84. The lowest BCUT2D eigenvalue weighted by Crippen LogP contribution is -2.35. The first-order valence-corrected chi connectivity index (χ1v) is 20.8. The fourth-order valence-corrected chi connectivity index (χ4v) is 7.75. The van der Waals surface area contributed by atoms with Crippen molar-refractivity contribution in [2.75, 3.05) is 26.8 Å². The molecule has 0 bridgehead atoms. The topological polar surface area (TPSA) is 94.6 Å². The van der Waals surface area contributed by atoms with Gasteiger partial charge in [0.1, 0.15) is 24.3 Å². The number of carboxylic acid groups (broad SMARTS) is 1. The summed E-state index contributed by atoms with van der Waals surface area (Å²) in [5.41, 5.74) is 8.02. The van der Waals surface area contributed by atoms with E-state index in [2.05, 4.69) is 78.0 Å². The number of piperidine rings is 1. The summed E-state index contributed by atoms with van der Waals surface area (Å²) >= 11 is 0. The van der Waals surface area contributed by atoms with Crippen LogP contribution in [0.1, 0.15) is 72.2 Å². The number of aryl methyl sites for hydroxylation is 1. The number of imidazole rings is 1. The van der Waals surface area contributed by atoms with Crippen LogP contribution < -0.4 is 0 Å². The summed E-state index contributed by atoms with van der Waals surface area (Å²) in [7, 11) is 2.64.